The van der Waals surface area contributed by atoms with Gasteiger partial charge >= 0.3 is 18.3 Å². The molecule has 0 aromatic heterocycles. The van der Waals surface area contributed by atoms with Gasteiger partial charge in [-0.2, -0.15) is 13.2 Å². The number of hydrogen-bond donors (Lipinski definition) is 1. The Balaban J connectivity index is 3.79. The van der Waals surface area contributed by atoms with E-state index >= 15 is 0 Å². The lowest BCUT2D eigenvalue weighted by Gasteiger charge is -2.13. The van der Waals surface area contributed by atoms with Gasteiger partial charge in [-0.3, -0.25) is 0 Å². The molecule has 0 amide bonds. The van der Waals surface area contributed by atoms with Crippen molar-refractivity contribution in [3.8, 4) is 0 Å². The number of carbonyl (C=O) groups excluding carboxylic acids is 2. The van der Waals surface area contributed by atoms with Crippen LogP contribution in [0.4, 0.5) is 18.0 Å². The van der Waals surface area contributed by atoms with E-state index in [-0.39, 0.29) is 13.2 Å². The van der Waals surface area contributed by atoms with E-state index in [0.29, 0.717) is 0 Å². The quantitative estimate of drug-likeness (QED) is 0.741. The van der Waals surface area contributed by atoms with Crippen LogP contribution in [0.15, 0.2) is 0 Å². The molecule has 112 valence electrons. The zero-order valence-electron chi connectivity index (χ0n) is 10.4. The maximum atomic E-state index is 11.8. The first-order valence-electron chi connectivity index (χ1n) is 5.34. The summed E-state index contributed by atoms with van der Waals surface area (Å²) in [4.78, 5) is 21.3. The molecule has 19 heavy (non-hydrogen) atoms. The van der Waals surface area contributed by atoms with E-state index < -0.39 is 36.9 Å². The lowest BCUT2D eigenvalue weighted by Crippen LogP contribution is -2.28. The van der Waals surface area contributed by atoms with Gasteiger partial charge < -0.3 is 19.3 Å². The third kappa shape index (κ3) is 9.11. The molecule has 0 bridgehead atoms. The molecule has 0 radical (unpaired) electrons. The Bertz CT molecular complexity index is 302. The highest BCUT2D eigenvalue weighted by atomic mass is 19.4. The summed E-state index contributed by atoms with van der Waals surface area (Å²) < 4.78 is 48.3. The number of aliphatic hydroxyl groups is 1. The molecule has 2 unspecified atom stereocenters. The van der Waals surface area contributed by atoms with Gasteiger partial charge in [0.15, 0.2) is 0 Å². The van der Waals surface area contributed by atoms with Crippen molar-refractivity contribution in [2.75, 3.05) is 19.8 Å². The van der Waals surface area contributed by atoms with E-state index in [2.05, 4.69) is 14.2 Å². The maximum Gasteiger partial charge on any atom is 0.508 e. The Morgan fingerprint density at radius 3 is 2.00 bits per heavy atom. The largest absolute Gasteiger partial charge is 0.508 e. The first-order valence-corrected chi connectivity index (χ1v) is 5.34. The van der Waals surface area contributed by atoms with E-state index in [1.165, 1.54) is 13.8 Å². The molecule has 0 aromatic carbocycles. The fraction of sp³-hybridized carbons (Fsp3) is 0.800. The van der Waals surface area contributed by atoms with Crippen LogP contribution in [-0.2, 0) is 19.0 Å². The highest BCUT2D eigenvalue weighted by Crippen LogP contribution is 2.16. The Morgan fingerprint density at radius 1 is 1.05 bits per heavy atom. The first-order chi connectivity index (χ1) is 8.62. The lowest BCUT2D eigenvalue weighted by molar-refractivity contribution is -0.201. The summed E-state index contributed by atoms with van der Waals surface area (Å²) in [7, 11) is 0. The minimum absolute atomic E-state index is 0.254. The van der Waals surface area contributed by atoms with E-state index in [9.17, 15) is 22.8 Å². The SMILES string of the molecule is CC(O)COC(=O)OCC(C)COC(=O)C(F)(F)F. The molecular weight excluding hydrogens is 273 g/mol. The minimum atomic E-state index is -5.04. The van der Waals surface area contributed by atoms with Gasteiger partial charge in [-0.15, -0.1) is 0 Å². The summed E-state index contributed by atoms with van der Waals surface area (Å²) in [6.07, 6.45) is -6.95. The van der Waals surface area contributed by atoms with Gasteiger partial charge in [-0.25, -0.2) is 9.59 Å². The number of rotatable bonds is 6. The van der Waals surface area contributed by atoms with E-state index in [4.69, 9.17) is 5.11 Å². The van der Waals surface area contributed by atoms with Crippen molar-refractivity contribution >= 4 is 12.1 Å². The van der Waals surface area contributed by atoms with Crippen molar-refractivity contribution in [2.45, 2.75) is 26.1 Å². The molecule has 0 spiro atoms. The summed E-state index contributed by atoms with van der Waals surface area (Å²) in [5.74, 6) is -2.92. The van der Waals surface area contributed by atoms with Crippen LogP contribution < -0.4 is 0 Å². The van der Waals surface area contributed by atoms with Crippen molar-refractivity contribution in [3.05, 3.63) is 0 Å². The zero-order valence-corrected chi connectivity index (χ0v) is 10.4. The summed E-state index contributed by atoms with van der Waals surface area (Å²) >= 11 is 0. The Kier molecular flexibility index (Phi) is 7.20. The predicted octanol–water partition coefficient (Wildman–Crippen LogP) is 1.26. The fourth-order valence-electron chi connectivity index (χ4n) is 0.788. The molecule has 2 atom stereocenters. The van der Waals surface area contributed by atoms with Gasteiger partial charge in [0.2, 0.25) is 0 Å². The maximum absolute atomic E-state index is 11.8. The molecule has 0 aliphatic rings. The van der Waals surface area contributed by atoms with Crippen LogP contribution in [0.3, 0.4) is 0 Å². The normalized spacial score (nSPS) is 14.4. The van der Waals surface area contributed by atoms with Gasteiger partial charge in [0, 0.05) is 5.92 Å². The lowest BCUT2D eigenvalue weighted by atomic mass is 10.2. The molecule has 0 aliphatic heterocycles. The van der Waals surface area contributed by atoms with E-state index in [1.54, 1.807) is 0 Å². The molecule has 6 nitrogen and oxygen atoms in total. The molecule has 0 aliphatic carbocycles. The standard InChI is InChI=1S/C10H15F3O6/c1-6(3-17-8(15)10(11,12)13)4-18-9(16)19-5-7(2)14/h6-7,14H,3-5H2,1-2H3. The van der Waals surface area contributed by atoms with E-state index in [0.717, 1.165) is 0 Å². The number of alkyl halides is 3. The molecule has 0 rings (SSSR count). The third-order valence-corrected chi connectivity index (χ3v) is 1.66. The molecular formula is C10H15F3O6. The highest BCUT2D eigenvalue weighted by Gasteiger charge is 2.41. The van der Waals surface area contributed by atoms with Crippen LogP contribution >= 0.6 is 0 Å². The number of halogens is 3. The van der Waals surface area contributed by atoms with Crippen LogP contribution in [0, 0.1) is 5.92 Å². The number of hydrogen-bond acceptors (Lipinski definition) is 6. The Labute approximate surface area is 107 Å². The number of ether oxygens (including phenoxy) is 3. The highest BCUT2D eigenvalue weighted by molar-refractivity contribution is 5.75. The fourth-order valence-corrected chi connectivity index (χ4v) is 0.788. The average molecular weight is 288 g/mol. The number of carbonyl (C=O) groups is 2. The van der Waals surface area contributed by atoms with Gasteiger partial charge in [-0.05, 0) is 6.92 Å². The molecule has 0 aromatic rings. The first kappa shape index (κ1) is 17.5. The van der Waals surface area contributed by atoms with Crippen LogP contribution in [0.25, 0.3) is 0 Å². The third-order valence-electron chi connectivity index (χ3n) is 1.66. The number of aliphatic hydroxyl groups excluding tert-OH is 1. The monoisotopic (exact) mass is 288 g/mol. The minimum Gasteiger partial charge on any atom is -0.459 e. The topological polar surface area (TPSA) is 82.1 Å². The van der Waals surface area contributed by atoms with Crippen LogP contribution in [0.5, 0.6) is 0 Å². The summed E-state index contributed by atoms with van der Waals surface area (Å²) in [5, 5.41) is 8.80. The Hall–Kier alpha value is -1.51. The van der Waals surface area contributed by atoms with Crippen LogP contribution in [-0.4, -0.2) is 49.3 Å². The van der Waals surface area contributed by atoms with Crippen molar-refractivity contribution in [1.82, 2.24) is 0 Å². The average Bonchev–Trinajstić information content (AvgIpc) is 2.29. The second-order valence-electron chi connectivity index (χ2n) is 3.92. The predicted molar refractivity (Wildman–Crippen MR) is 55.2 cm³/mol. The molecule has 9 heteroatoms. The van der Waals surface area contributed by atoms with Gasteiger partial charge in [0.1, 0.15) is 13.2 Å². The van der Waals surface area contributed by atoms with Crippen molar-refractivity contribution < 1.29 is 42.1 Å². The van der Waals surface area contributed by atoms with Crippen molar-refractivity contribution in [1.29, 1.82) is 0 Å². The summed E-state index contributed by atoms with van der Waals surface area (Å²) in [5.41, 5.74) is 0. The number of esters is 1. The Morgan fingerprint density at radius 2 is 1.53 bits per heavy atom. The van der Waals surface area contributed by atoms with Crippen LogP contribution in [0.2, 0.25) is 0 Å². The molecule has 0 fully saturated rings. The molecule has 0 saturated heterocycles. The second kappa shape index (κ2) is 7.82. The van der Waals surface area contributed by atoms with Crippen molar-refractivity contribution in [3.63, 3.8) is 0 Å². The summed E-state index contributed by atoms with van der Waals surface area (Å²) in [6, 6.07) is 0. The van der Waals surface area contributed by atoms with Gasteiger partial charge in [0.25, 0.3) is 0 Å². The van der Waals surface area contributed by atoms with E-state index in [1.807, 2.05) is 0 Å². The smallest absolute Gasteiger partial charge is 0.459 e. The molecule has 0 saturated carbocycles. The molecule has 1 N–H and O–H groups in total. The summed E-state index contributed by atoms with van der Waals surface area (Å²) in [6.45, 7) is 1.75. The second-order valence-corrected chi connectivity index (χ2v) is 3.92. The van der Waals surface area contributed by atoms with Gasteiger partial charge in [0.05, 0.1) is 12.7 Å². The van der Waals surface area contributed by atoms with Crippen LogP contribution in [0.1, 0.15) is 13.8 Å². The van der Waals surface area contributed by atoms with Gasteiger partial charge in [-0.1, -0.05) is 6.92 Å². The molecule has 0 heterocycles. The van der Waals surface area contributed by atoms with Crippen molar-refractivity contribution in [2.24, 2.45) is 5.92 Å². The zero-order chi connectivity index (χ0) is 15.1.